The SMILES string of the molecule is CC(C)(O)C1CCCC(C2CCCCC2C(C)(C)OC=O)C1. The number of rotatable bonds is 5. The van der Waals surface area contributed by atoms with Gasteiger partial charge in [-0.05, 0) is 71.1 Å². The van der Waals surface area contributed by atoms with Crippen LogP contribution in [0.5, 0.6) is 0 Å². The van der Waals surface area contributed by atoms with Gasteiger partial charge in [-0.15, -0.1) is 0 Å². The average molecular weight is 310 g/mol. The molecule has 2 saturated carbocycles. The molecule has 0 aromatic carbocycles. The number of hydrogen-bond donors (Lipinski definition) is 1. The van der Waals surface area contributed by atoms with Crippen LogP contribution in [-0.2, 0) is 9.53 Å². The van der Waals surface area contributed by atoms with Crippen LogP contribution in [0.1, 0.15) is 79.1 Å². The monoisotopic (exact) mass is 310 g/mol. The fourth-order valence-electron chi connectivity index (χ4n) is 5.06. The highest BCUT2D eigenvalue weighted by Gasteiger charge is 2.44. The highest BCUT2D eigenvalue weighted by Crippen LogP contribution is 2.48. The van der Waals surface area contributed by atoms with Gasteiger partial charge in [-0.25, -0.2) is 0 Å². The largest absolute Gasteiger partial charge is 0.462 e. The first kappa shape index (κ1) is 17.8. The first-order chi connectivity index (χ1) is 10.3. The van der Waals surface area contributed by atoms with Crippen molar-refractivity contribution in [1.82, 2.24) is 0 Å². The maximum atomic E-state index is 10.9. The van der Waals surface area contributed by atoms with Crippen LogP contribution in [0.2, 0.25) is 0 Å². The second-order valence-electron chi connectivity index (χ2n) is 8.65. The summed E-state index contributed by atoms with van der Waals surface area (Å²) in [4.78, 5) is 10.9. The van der Waals surface area contributed by atoms with E-state index in [2.05, 4.69) is 13.8 Å². The molecule has 3 nitrogen and oxygen atoms in total. The number of hydrogen-bond acceptors (Lipinski definition) is 3. The van der Waals surface area contributed by atoms with Gasteiger partial charge in [-0.1, -0.05) is 25.7 Å². The van der Waals surface area contributed by atoms with E-state index in [0.29, 0.717) is 30.1 Å². The van der Waals surface area contributed by atoms with Gasteiger partial charge in [0.1, 0.15) is 5.60 Å². The van der Waals surface area contributed by atoms with Gasteiger partial charge in [0.25, 0.3) is 6.47 Å². The van der Waals surface area contributed by atoms with E-state index in [9.17, 15) is 9.90 Å². The minimum atomic E-state index is -0.572. The molecule has 0 amide bonds. The Balaban J connectivity index is 2.11. The zero-order chi connectivity index (χ0) is 16.4. The van der Waals surface area contributed by atoms with Crippen molar-refractivity contribution in [1.29, 1.82) is 0 Å². The van der Waals surface area contributed by atoms with Gasteiger partial charge < -0.3 is 9.84 Å². The van der Waals surface area contributed by atoms with Crippen molar-refractivity contribution in [2.45, 2.75) is 90.3 Å². The maximum absolute atomic E-state index is 10.9. The Morgan fingerprint density at radius 2 is 1.68 bits per heavy atom. The summed E-state index contributed by atoms with van der Waals surface area (Å²) in [6.45, 7) is 8.67. The van der Waals surface area contributed by atoms with Crippen molar-refractivity contribution in [3.63, 3.8) is 0 Å². The summed E-state index contributed by atoms with van der Waals surface area (Å²) in [7, 11) is 0. The molecule has 0 aliphatic heterocycles. The molecular formula is C19H34O3. The minimum Gasteiger partial charge on any atom is -0.462 e. The van der Waals surface area contributed by atoms with E-state index in [0.717, 1.165) is 19.3 Å². The second-order valence-corrected chi connectivity index (χ2v) is 8.65. The van der Waals surface area contributed by atoms with Crippen LogP contribution in [0.3, 0.4) is 0 Å². The molecule has 22 heavy (non-hydrogen) atoms. The summed E-state index contributed by atoms with van der Waals surface area (Å²) in [6.07, 6.45) is 9.71. The molecule has 0 radical (unpaired) electrons. The lowest BCUT2D eigenvalue weighted by Gasteiger charge is -2.47. The zero-order valence-corrected chi connectivity index (χ0v) is 14.8. The predicted octanol–water partition coefficient (Wildman–Crippen LogP) is 4.32. The van der Waals surface area contributed by atoms with Crippen LogP contribution in [0.4, 0.5) is 0 Å². The van der Waals surface area contributed by atoms with Crippen LogP contribution >= 0.6 is 0 Å². The van der Waals surface area contributed by atoms with Gasteiger partial charge in [0, 0.05) is 5.92 Å². The fourth-order valence-corrected chi connectivity index (χ4v) is 5.06. The summed E-state index contributed by atoms with van der Waals surface area (Å²) in [5.74, 6) is 2.17. The van der Waals surface area contributed by atoms with Gasteiger partial charge in [-0.3, -0.25) is 4.79 Å². The highest BCUT2D eigenvalue weighted by atomic mass is 16.5. The molecule has 0 spiro atoms. The molecule has 2 fully saturated rings. The molecule has 0 bridgehead atoms. The van der Waals surface area contributed by atoms with Crippen molar-refractivity contribution in [2.24, 2.45) is 23.7 Å². The lowest BCUT2D eigenvalue weighted by molar-refractivity contribution is -0.151. The molecule has 2 rings (SSSR count). The Hall–Kier alpha value is -0.570. The highest BCUT2D eigenvalue weighted by molar-refractivity contribution is 5.38. The average Bonchev–Trinajstić information content (AvgIpc) is 2.46. The van der Waals surface area contributed by atoms with Crippen LogP contribution in [0, 0.1) is 23.7 Å². The summed E-state index contributed by atoms with van der Waals surface area (Å²) < 4.78 is 5.45. The predicted molar refractivity (Wildman–Crippen MR) is 88.4 cm³/mol. The van der Waals surface area contributed by atoms with E-state index in [1.807, 2.05) is 13.8 Å². The first-order valence-corrected chi connectivity index (χ1v) is 9.09. The van der Waals surface area contributed by atoms with Crippen LogP contribution in [-0.4, -0.2) is 22.8 Å². The van der Waals surface area contributed by atoms with Crippen LogP contribution < -0.4 is 0 Å². The van der Waals surface area contributed by atoms with E-state index in [4.69, 9.17) is 4.74 Å². The molecule has 1 N–H and O–H groups in total. The Morgan fingerprint density at radius 1 is 1.00 bits per heavy atom. The van der Waals surface area contributed by atoms with Gasteiger partial charge in [0.05, 0.1) is 5.60 Å². The molecule has 0 saturated heterocycles. The third-order valence-corrected chi connectivity index (χ3v) is 6.38. The summed E-state index contributed by atoms with van der Waals surface area (Å²) in [5, 5.41) is 10.4. The van der Waals surface area contributed by atoms with Crippen molar-refractivity contribution in [3.05, 3.63) is 0 Å². The third kappa shape index (κ3) is 4.04. The lowest BCUT2D eigenvalue weighted by atomic mass is 9.61. The summed E-state index contributed by atoms with van der Waals surface area (Å²) in [6, 6.07) is 0. The Morgan fingerprint density at radius 3 is 2.32 bits per heavy atom. The van der Waals surface area contributed by atoms with E-state index in [1.165, 1.54) is 32.1 Å². The Kier molecular flexibility index (Phi) is 5.58. The normalized spacial score (nSPS) is 34.2. The van der Waals surface area contributed by atoms with E-state index in [-0.39, 0.29) is 5.60 Å². The van der Waals surface area contributed by atoms with Gasteiger partial charge in [-0.2, -0.15) is 0 Å². The van der Waals surface area contributed by atoms with E-state index < -0.39 is 5.60 Å². The molecule has 4 atom stereocenters. The quantitative estimate of drug-likeness (QED) is 0.769. The van der Waals surface area contributed by atoms with Gasteiger partial charge in [0.15, 0.2) is 0 Å². The number of carbonyl (C=O) groups is 1. The van der Waals surface area contributed by atoms with Crippen LogP contribution in [0.25, 0.3) is 0 Å². The van der Waals surface area contributed by atoms with E-state index in [1.54, 1.807) is 0 Å². The topological polar surface area (TPSA) is 46.5 Å². The smallest absolute Gasteiger partial charge is 0.293 e. The first-order valence-electron chi connectivity index (χ1n) is 9.09. The van der Waals surface area contributed by atoms with Crippen molar-refractivity contribution in [2.75, 3.05) is 0 Å². The third-order valence-electron chi connectivity index (χ3n) is 6.38. The standard InChI is InChI=1S/C19H34O3/c1-18(2,21)15-9-7-8-14(12-15)16-10-5-6-11-17(16)19(3,4)22-13-20/h13-17,21H,5-12H2,1-4H3. The fraction of sp³-hybridized carbons (Fsp3) is 0.947. The molecule has 0 heterocycles. The molecule has 2 aliphatic carbocycles. The van der Waals surface area contributed by atoms with Crippen molar-refractivity contribution >= 4 is 6.47 Å². The maximum Gasteiger partial charge on any atom is 0.293 e. The summed E-state index contributed by atoms with van der Waals surface area (Å²) in [5.41, 5.74) is -0.938. The van der Waals surface area contributed by atoms with Crippen molar-refractivity contribution < 1.29 is 14.6 Å². The molecule has 0 aromatic rings. The molecule has 0 aromatic heterocycles. The molecule has 4 unspecified atom stereocenters. The number of ether oxygens (including phenoxy) is 1. The van der Waals surface area contributed by atoms with Crippen LogP contribution in [0.15, 0.2) is 0 Å². The van der Waals surface area contributed by atoms with Gasteiger partial charge >= 0.3 is 0 Å². The Bertz CT molecular complexity index is 369. The van der Waals surface area contributed by atoms with Crippen molar-refractivity contribution in [3.8, 4) is 0 Å². The molecular weight excluding hydrogens is 276 g/mol. The van der Waals surface area contributed by atoms with Gasteiger partial charge in [0.2, 0.25) is 0 Å². The number of carbonyl (C=O) groups excluding carboxylic acids is 1. The lowest BCUT2D eigenvalue weighted by Crippen LogP contribution is -2.45. The molecule has 3 heteroatoms. The Labute approximate surface area is 135 Å². The molecule has 128 valence electrons. The number of aliphatic hydroxyl groups is 1. The minimum absolute atomic E-state index is 0.367. The second kappa shape index (κ2) is 6.90. The molecule has 2 aliphatic rings. The summed E-state index contributed by atoms with van der Waals surface area (Å²) >= 11 is 0. The van der Waals surface area contributed by atoms with E-state index >= 15 is 0 Å². The zero-order valence-electron chi connectivity index (χ0n) is 14.8.